The average Bonchev–Trinajstić information content (AvgIpc) is 2.82. The van der Waals surface area contributed by atoms with Gasteiger partial charge in [0.05, 0.1) is 7.11 Å². The first-order valence-electron chi connectivity index (χ1n) is 6.05. The second-order valence-electron chi connectivity index (χ2n) is 4.01. The largest absolute Gasteiger partial charge is 0.464 e. The Morgan fingerprint density at radius 3 is 2.55 bits per heavy atom. The summed E-state index contributed by atoms with van der Waals surface area (Å²) < 4.78 is 4.58. The van der Waals surface area contributed by atoms with Gasteiger partial charge in [0.25, 0.3) is 0 Å². The van der Waals surface area contributed by atoms with E-state index < -0.39 is 12.0 Å². The summed E-state index contributed by atoms with van der Waals surface area (Å²) >= 11 is 1.02. The van der Waals surface area contributed by atoms with Crippen molar-refractivity contribution in [3.8, 4) is 0 Å². The third-order valence-electron chi connectivity index (χ3n) is 2.41. The highest BCUT2D eigenvalue weighted by atomic mass is 32.1. The minimum absolute atomic E-state index is 0.0319. The molecule has 1 heterocycles. The van der Waals surface area contributed by atoms with Crippen molar-refractivity contribution < 1.29 is 19.1 Å². The number of nitrogens with zero attached hydrogens (tertiary/aromatic N) is 1. The van der Waals surface area contributed by atoms with E-state index in [1.807, 2.05) is 6.92 Å². The number of hydrogen-bond donors (Lipinski definition) is 2. The molecule has 1 amide bonds. The summed E-state index contributed by atoms with van der Waals surface area (Å²) in [6, 6.07) is -0.522. The zero-order valence-electron chi connectivity index (χ0n) is 11.8. The normalized spacial score (nSPS) is 11.6. The predicted molar refractivity (Wildman–Crippen MR) is 75.2 cm³/mol. The van der Waals surface area contributed by atoms with Gasteiger partial charge in [-0.15, -0.1) is 0 Å². The lowest BCUT2D eigenvalue weighted by molar-refractivity contribution is -0.121. The molecule has 0 saturated heterocycles. The number of carbonyl (C=O) groups excluding carboxylic acids is 3. The highest BCUT2D eigenvalue weighted by molar-refractivity contribution is 7.17. The standard InChI is InChI=1S/C12H17N3O4S/c1-5-13-10(17)6(2)14-12-15-8(11(18)19-4)9(20-12)7(3)16/h6H,5H2,1-4H3,(H,13,17)(H,14,15). The Morgan fingerprint density at radius 1 is 1.40 bits per heavy atom. The van der Waals surface area contributed by atoms with Crippen molar-refractivity contribution in [2.75, 3.05) is 19.0 Å². The van der Waals surface area contributed by atoms with Gasteiger partial charge in [-0.1, -0.05) is 11.3 Å². The fraction of sp³-hybridized carbons (Fsp3) is 0.500. The van der Waals surface area contributed by atoms with Crippen LogP contribution in [0.3, 0.4) is 0 Å². The molecular weight excluding hydrogens is 282 g/mol. The average molecular weight is 299 g/mol. The maximum absolute atomic E-state index is 11.6. The van der Waals surface area contributed by atoms with Gasteiger partial charge in [-0.05, 0) is 13.8 Å². The summed E-state index contributed by atoms with van der Waals surface area (Å²) in [6.45, 7) is 5.35. The summed E-state index contributed by atoms with van der Waals surface area (Å²) in [4.78, 5) is 38.8. The summed E-state index contributed by atoms with van der Waals surface area (Å²) in [7, 11) is 1.22. The Kier molecular flexibility index (Phi) is 5.63. The molecule has 0 spiro atoms. The van der Waals surface area contributed by atoms with Gasteiger partial charge < -0.3 is 15.4 Å². The van der Waals surface area contributed by atoms with Crippen molar-refractivity contribution >= 4 is 34.1 Å². The Labute approximate surface area is 120 Å². The maximum Gasteiger partial charge on any atom is 0.358 e. The van der Waals surface area contributed by atoms with Crippen molar-refractivity contribution in [3.05, 3.63) is 10.6 Å². The second kappa shape index (κ2) is 6.99. The molecule has 0 bridgehead atoms. The molecule has 0 radical (unpaired) electrons. The molecule has 1 aromatic rings. The number of anilines is 1. The van der Waals surface area contributed by atoms with Crippen molar-refractivity contribution in [2.45, 2.75) is 26.8 Å². The topological polar surface area (TPSA) is 97.4 Å². The Hall–Kier alpha value is -1.96. The van der Waals surface area contributed by atoms with Gasteiger partial charge >= 0.3 is 5.97 Å². The molecule has 8 heteroatoms. The maximum atomic E-state index is 11.6. The van der Waals surface area contributed by atoms with E-state index in [1.54, 1.807) is 6.92 Å². The van der Waals surface area contributed by atoms with Crippen molar-refractivity contribution in [1.29, 1.82) is 0 Å². The van der Waals surface area contributed by atoms with E-state index in [9.17, 15) is 14.4 Å². The monoisotopic (exact) mass is 299 g/mol. The minimum atomic E-state index is -0.676. The molecule has 20 heavy (non-hydrogen) atoms. The van der Waals surface area contributed by atoms with Crippen molar-refractivity contribution in [1.82, 2.24) is 10.3 Å². The summed E-state index contributed by atoms with van der Waals surface area (Å²) in [5.41, 5.74) is -0.0319. The molecule has 0 aromatic carbocycles. The molecule has 0 saturated carbocycles. The van der Waals surface area contributed by atoms with Crippen molar-refractivity contribution in [2.24, 2.45) is 0 Å². The zero-order chi connectivity index (χ0) is 15.3. The van der Waals surface area contributed by atoms with Gasteiger partial charge in [-0.2, -0.15) is 0 Å². The number of Topliss-reactive ketones (excluding diaryl/α,β-unsaturated/α-hetero) is 1. The van der Waals surface area contributed by atoms with Gasteiger partial charge in [0, 0.05) is 13.5 Å². The summed E-state index contributed by atoms with van der Waals surface area (Å²) in [5, 5.41) is 5.85. The SMILES string of the molecule is CCNC(=O)C(C)Nc1nc(C(=O)OC)c(C(C)=O)s1. The number of ketones is 1. The van der Waals surface area contributed by atoms with Crippen LogP contribution in [0.1, 0.15) is 40.9 Å². The Morgan fingerprint density at radius 2 is 2.05 bits per heavy atom. The number of rotatable bonds is 6. The quantitative estimate of drug-likeness (QED) is 0.602. The van der Waals surface area contributed by atoms with E-state index in [2.05, 4.69) is 20.4 Å². The van der Waals surface area contributed by atoms with E-state index in [-0.39, 0.29) is 22.3 Å². The zero-order valence-corrected chi connectivity index (χ0v) is 12.6. The van der Waals surface area contributed by atoms with Gasteiger partial charge in [0.1, 0.15) is 10.9 Å². The molecule has 0 aliphatic rings. The number of carbonyl (C=O) groups is 3. The van der Waals surface area contributed by atoms with Gasteiger partial charge in [-0.25, -0.2) is 9.78 Å². The number of ether oxygens (including phenoxy) is 1. The summed E-state index contributed by atoms with van der Waals surface area (Å²) in [5.74, 6) is -1.14. The molecule has 1 unspecified atom stereocenters. The third-order valence-corrected chi connectivity index (χ3v) is 3.50. The lowest BCUT2D eigenvalue weighted by atomic mass is 10.3. The first-order chi connectivity index (χ1) is 9.40. The molecule has 7 nitrogen and oxygen atoms in total. The molecule has 1 atom stereocenters. The highest BCUT2D eigenvalue weighted by Gasteiger charge is 2.23. The smallest absolute Gasteiger partial charge is 0.358 e. The van der Waals surface area contributed by atoms with Crippen LogP contribution in [0.4, 0.5) is 5.13 Å². The van der Waals surface area contributed by atoms with Crippen LogP contribution in [-0.2, 0) is 9.53 Å². The van der Waals surface area contributed by atoms with Crippen LogP contribution in [0, 0.1) is 0 Å². The van der Waals surface area contributed by atoms with Crippen LogP contribution in [0.2, 0.25) is 0 Å². The lowest BCUT2D eigenvalue weighted by Gasteiger charge is -2.11. The number of thiazole rings is 1. The predicted octanol–water partition coefficient (Wildman–Crippen LogP) is 1.07. The first-order valence-corrected chi connectivity index (χ1v) is 6.86. The van der Waals surface area contributed by atoms with Crippen LogP contribution >= 0.6 is 11.3 Å². The van der Waals surface area contributed by atoms with E-state index in [0.717, 1.165) is 11.3 Å². The number of methoxy groups -OCH3 is 1. The fourth-order valence-corrected chi connectivity index (χ4v) is 2.37. The summed E-state index contributed by atoms with van der Waals surface area (Å²) in [6.07, 6.45) is 0. The third kappa shape index (κ3) is 3.77. The molecule has 2 N–H and O–H groups in total. The van der Waals surface area contributed by atoms with Gasteiger partial charge in [0.15, 0.2) is 16.6 Å². The number of esters is 1. The van der Waals surface area contributed by atoms with Gasteiger partial charge in [-0.3, -0.25) is 9.59 Å². The number of amides is 1. The van der Waals surface area contributed by atoms with Crippen LogP contribution in [-0.4, -0.2) is 42.3 Å². The van der Waals surface area contributed by atoms with Crippen LogP contribution in [0.5, 0.6) is 0 Å². The minimum Gasteiger partial charge on any atom is -0.464 e. The van der Waals surface area contributed by atoms with Crippen LogP contribution < -0.4 is 10.6 Å². The Balaban J connectivity index is 2.95. The van der Waals surface area contributed by atoms with Gasteiger partial charge in [0.2, 0.25) is 5.91 Å². The highest BCUT2D eigenvalue weighted by Crippen LogP contribution is 2.24. The van der Waals surface area contributed by atoms with E-state index in [1.165, 1.54) is 14.0 Å². The molecule has 0 aliphatic heterocycles. The van der Waals surface area contributed by atoms with E-state index >= 15 is 0 Å². The molecule has 0 aliphatic carbocycles. The number of aromatic nitrogens is 1. The Bertz CT molecular complexity index is 527. The molecule has 0 fully saturated rings. The molecule has 1 rings (SSSR count). The number of nitrogens with one attached hydrogen (secondary N) is 2. The van der Waals surface area contributed by atoms with Crippen LogP contribution in [0.15, 0.2) is 0 Å². The van der Waals surface area contributed by atoms with Crippen LogP contribution in [0.25, 0.3) is 0 Å². The van der Waals surface area contributed by atoms with E-state index in [4.69, 9.17) is 0 Å². The number of likely N-dealkylation sites (N-methyl/N-ethyl adjacent to an activating group) is 1. The molecule has 110 valence electrons. The fourth-order valence-electron chi connectivity index (χ4n) is 1.43. The molecular formula is C12H17N3O4S. The molecule has 1 aromatic heterocycles. The van der Waals surface area contributed by atoms with Crippen molar-refractivity contribution in [3.63, 3.8) is 0 Å². The second-order valence-corrected chi connectivity index (χ2v) is 5.00. The number of hydrogen-bond acceptors (Lipinski definition) is 7. The lowest BCUT2D eigenvalue weighted by Crippen LogP contribution is -2.37. The first kappa shape index (κ1) is 16.1. The van der Waals surface area contributed by atoms with E-state index in [0.29, 0.717) is 11.7 Å².